The average Bonchev–Trinajstić information content (AvgIpc) is 1.31. The third kappa shape index (κ3) is 2.76. The summed E-state index contributed by atoms with van der Waals surface area (Å²) in [5.41, 5.74) is 0. The lowest BCUT2D eigenvalue weighted by Crippen LogP contribution is -2.26. The van der Waals surface area contributed by atoms with Crippen LogP contribution in [0.4, 0.5) is 0 Å². The molecule has 0 rings (SSSR count). The molecule has 7 heavy (non-hydrogen) atoms. The van der Waals surface area contributed by atoms with Gasteiger partial charge in [0.25, 0.3) is 0 Å². The van der Waals surface area contributed by atoms with E-state index < -0.39 is 7.75 Å². The van der Waals surface area contributed by atoms with E-state index in [1.165, 1.54) is 14.1 Å². The molecular formula is C2H6NO3P-2. The molecule has 0 bridgehead atoms. The molecule has 4 nitrogen and oxygen atoms in total. The van der Waals surface area contributed by atoms with E-state index in [0.29, 0.717) is 4.67 Å². The molecule has 0 radical (unpaired) electrons. The maximum atomic E-state index is 9.73. The Bertz CT molecular complexity index is 95.1. The third-order valence-electron chi connectivity index (χ3n) is 0.490. The van der Waals surface area contributed by atoms with Crippen LogP contribution in [0.5, 0.6) is 0 Å². The summed E-state index contributed by atoms with van der Waals surface area (Å²) in [6.07, 6.45) is 0. The molecule has 0 aromatic carbocycles. The van der Waals surface area contributed by atoms with Crippen molar-refractivity contribution in [3.8, 4) is 0 Å². The zero-order chi connectivity index (χ0) is 6.08. The van der Waals surface area contributed by atoms with Crippen LogP contribution in [0, 0.1) is 0 Å². The molecule has 44 valence electrons. The Hall–Kier alpha value is 0.110. The summed E-state index contributed by atoms with van der Waals surface area (Å²) in [6.45, 7) is 0. The van der Waals surface area contributed by atoms with Crippen LogP contribution >= 0.6 is 7.75 Å². The number of hydrogen-bond donors (Lipinski definition) is 0. The fourth-order valence-corrected chi connectivity index (χ4v) is 0. The lowest BCUT2D eigenvalue weighted by Gasteiger charge is -2.35. The summed E-state index contributed by atoms with van der Waals surface area (Å²) < 4.78 is 10.4. The average molecular weight is 123 g/mol. The molecular weight excluding hydrogens is 117 g/mol. The minimum atomic E-state index is -4.40. The largest absolute Gasteiger partial charge is 0.799 e. The molecule has 0 aromatic heterocycles. The minimum absolute atomic E-state index is 0.632. The van der Waals surface area contributed by atoms with Gasteiger partial charge in [-0.2, -0.15) is 0 Å². The Morgan fingerprint density at radius 2 is 1.57 bits per heavy atom. The standard InChI is InChI=1S/C2H8NO3P/c1-3(2)7(4,5)6/h1-2H3,(H2,4,5,6)/p-2. The predicted octanol–water partition coefficient (Wildman–Crippen LogP) is -1.62. The molecule has 0 spiro atoms. The molecule has 0 aliphatic heterocycles. The Morgan fingerprint density at radius 3 is 1.57 bits per heavy atom. The van der Waals surface area contributed by atoms with Crippen LogP contribution in [0.2, 0.25) is 0 Å². The van der Waals surface area contributed by atoms with Gasteiger partial charge in [-0.05, 0) is 21.8 Å². The molecule has 0 saturated carbocycles. The second kappa shape index (κ2) is 1.92. The summed E-state index contributed by atoms with van der Waals surface area (Å²) in [7, 11) is -2.01. The molecule has 0 amide bonds. The van der Waals surface area contributed by atoms with Gasteiger partial charge < -0.3 is 14.4 Å². The lowest BCUT2D eigenvalue weighted by molar-refractivity contribution is -0.327. The summed E-state index contributed by atoms with van der Waals surface area (Å²) in [4.78, 5) is 19.5. The summed E-state index contributed by atoms with van der Waals surface area (Å²) in [5.74, 6) is 0. The highest BCUT2D eigenvalue weighted by Gasteiger charge is 1.88. The molecule has 0 N–H and O–H groups in total. The van der Waals surface area contributed by atoms with E-state index >= 15 is 0 Å². The van der Waals surface area contributed by atoms with E-state index in [-0.39, 0.29) is 0 Å². The van der Waals surface area contributed by atoms with Gasteiger partial charge in [-0.1, -0.05) is 0 Å². The first-order valence-corrected chi connectivity index (χ1v) is 3.14. The SMILES string of the molecule is CN(C)P(=O)([O-])[O-]. The van der Waals surface area contributed by atoms with Gasteiger partial charge in [0.1, 0.15) is 0 Å². The fraction of sp³-hybridized carbons (Fsp3) is 1.00. The highest BCUT2D eigenvalue weighted by molar-refractivity contribution is 7.46. The Balaban J connectivity index is 3.80. The lowest BCUT2D eigenvalue weighted by atomic mass is 11.3. The molecule has 0 fully saturated rings. The van der Waals surface area contributed by atoms with Crippen LogP contribution in [0.25, 0.3) is 0 Å². The maximum Gasteiger partial charge on any atom is -0.000453 e. The molecule has 0 saturated heterocycles. The zero-order valence-electron chi connectivity index (χ0n) is 4.12. The Labute approximate surface area is 42.0 Å². The van der Waals surface area contributed by atoms with Crippen LogP contribution < -0.4 is 9.79 Å². The fourth-order valence-electron chi connectivity index (χ4n) is 0. The summed E-state index contributed by atoms with van der Waals surface area (Å²) in [6, 6.07) is 0. The van der Waals surface area contributed by atoms with Crippen molar-refractivity contribution in [1.29, 1.82) is 0 Å². The van der Waals surface area contributed by atoms with Gasteiger partial charge in [-0.15, -0.1) is 0 Å². The molecule has 0 aliphatic rings. The first kappa shape index (κ1) is 7.11. The van der Waals surface area contributed by atoms with Gasteiger partial charge in [0.15, 0.2) is 0 Å². The van der Waals surface area contributed by atoms with E-state index in [1.807, 2.05) is 0 Å². The Kier molecular flexibility index (Phi) is 1.95. The number of rotatable bonds is 1. The first-order chi connectivity index (χ1) is 2.94. The van der Waals surface area contributed by atoms with Gasteiger partial charge in [-0.3, -0.25) is 4.67 Å². The molecule has 0 atom stereocenters. The zero-order valence-corrected chi connectivity index (χ0v) is 5.01. The van der Waals surface area contributed by atoms with Crippen molar-refractivity contribution in [3.05, 3.63) is 0 Å². The van der Waals surface area contributed by atoms with Gasteiger partial charge in [0.05, 0.1) is 0 Å². The monoisotopic (exact) mass is 123 g/mol. The smallest absolute Gasteiger partial charge is 0.000453 e. The topological polar surface area (TPSA) is 66.4 Å². The van der Waals surface area contributed by atoms with Gasteiger partial charge >= 0.3 is 0 Å². The van der Waals surface area contributed by atoms with Gasteiger partial charge in [0.2, 0.25) is 0 Å². The maximum absolute atomic E-state index is 9.73. The third-order valence-corrected chi connectivity index (χ3v) is 1.47. The summed E-state index contributed by atoms with van der Waals surface area (Å²) >= 11 is 0. The van der Waals surface area contributed by atoms with Crippen molar-refractivity contribution < 1.29 is 14.4 Å². The molecule has 5 heteroatoms. The van der Waals surface area contributed by atoms with Crippen LogP contribution in [0.3, 0.4) is 0 Å². The van der Waals surface area contributed by atoms with Crippen molar-refractivity contribution in [1.82, 2.24) is 4.67 Å². The number of hydrogen-bond acceptors (Lipinski definition) is 3. The highest BCUT2D eigenvalue weighted by Crippen LogP contribution is 2.24. The van der Waals surface area contributed by atoms with Crippen LogP contribution in [0.1, 0.15) is 0 Å². The van der Waals surface area contributed by atoms with Crippen molar-refractivity contribution in [2.24, 2.45) is 0 Å². The van der Waals surface area contributed by atoms with Crippen molar-refractivity contribution in [2.75, 3.05) is 14.1 Å². The van der Waals surface area contributed by atoms with Gasteiger partial charge in [0, 0.05) is 0 Å². The van der Waals surface area contributed by atoms with E-state index in [0.717, 1.165) is 0 Å². The predicted molar refractivity (Wildman–Crippen MR) is 21.3 cm³/mol. The van der Waals surface area contributed by atoms with E-state index in [2.05, 4.69) is 0 Å². The molecule has 0 unspecified atom stereocenters. The Morgan fingerprint density at radius 1 is 1.43 bits per heavy atom. The second-order valence-electron chi connectivity index (χ2n) is 1.32. The second-order valence-corrected chi connectivity index (χ2v) is 3.05. The number of nitrogens with zero attached hydrogens (tertiary/aromatic N) is 1. The first-order valence-electron chi connectivity index (χ1n) is 1.64. The highest BCUT2D eigenvalue weighted by atomic mass is 31.2. The van der Waals surface area contributed by atoms with Gasteiger partial charge in [-0.25, -0.2) is 0 Å². The van der Waals surface area contributed by atoms with E-state index in [9.17, 15) is 14.4 Å². The van der Waals surface area contributed by atoms with Crippen LogP contribution in [-0.4, -0.2) is 18.8 Å². The minimum Gasteiger partial charge on any atom is -0.799 e. The molecule has 0 aliphatic carbocycles. The quantitative estimate of drug-likeness (QED) is 0.393. The van der Waals surface area contributed by atoms with Crippen molar-refractivity contribution in [3.63, 3.8) is 0 Å². The van der Waals surface area contributed by atoms with Crippen LogP contribution in [0.15, 0.2) is 0 Å². The van der Waals surface area contributed by atoms with E-state index in [1.54, 1.807) is 0 Å². The van der Waals surface area contributed by atoms with E-state index in [4.69, 9.17) is 0 Å². The van der Waals surface area contributed by atoms with Crippen molar-refractivity contribution >= 4 is 7.75 Å². The molecule has 0 heterocycles. The summed E-state index contributed by atoms with van der Waals surface area (Å²) in [5, 5.41) is 0. The van der Waals surface area contributed by atoms with Crippen LogP contribution in [-0.2, 0) is 4.57 Å². The van der Waals surface area contributed by atoms with Crippen molar-refractivity contribution in [2.45, 2.75) is 0 Å². The normalized spacial score (nSPS) is 12.7. The molecule has 0 aromatic rings.